The molecule has 0 aliphatic rings. The Hall–Kier alpha value is -0.920. The van der Waals surface area contributed by atoms with Gasteiger partial charge in [-0.1, -0.05) is 0 Å². The molecule has 0 saturated heterocycles. The molecule has 100 valence electrons. The molecule has 0 aromatic carbocycles. The number of hydrogen-bond donors (Lipinski definition) is 2. The molecule has 0 spiro atoms. The lowest BCUT2D eigenvalue weighted by Crippen LogP contribution is -2.28. The molecule has 7 heteroatoms. The third-order valence-corrected chi connectivity index (χ3v) is 4.45. The highest BCUT2D eigenvalue weighted by Gasteiger charge is 2.09. The second-order valence-corrected chi connectivity index (χ2v) is 5.84. The van der Waals surface area contributed by atoms with Crippen molar-refractivity contribution in [1.82, 2.24) is 10.3 Å². The lowest BCUT2D eigenvalue weighted by molar-refractivity contribution is 0.503. The van der Waals surface area contributed by atoms with E-state index in [1.807, 2.05) is 19.1 Å². The lowest BCUT2D eigenvalue weighted by Gasteiger charge is -2.12. The number of rotatable bonds is 3. The molecule has 0 unspecified atom stereocenters. The lowest BCUT2D eigenvalue weighted by atomic mass is 10.3. The van der Waals surface area contributed by atoms with Gasteiger partial charge >= 0.3 is 0 Å². The van der Waals surface area contributed by atoms with Gasteiger partial charge in [0.05, 0.1) is 17.3 Å². The van der Waals surface area contributed by atoms with Crippen molar-refractivity contribution in [3.05, 3.63) is 44.9 Å². The van der Waals surface area contributed by atoms with Crippen molar-refractivity contribution in [1.29, 1.82) is 0 Å². The zero-order valence-electron chi connectivity index (χ0n) is 10.0. The summed E-state index contributed by atoms with van der Waals surface area (Å²) in [5, 5.41) is 6.58. The van der Waals surface area contributed by atoms with Crippen LogP contribution in [0, 0.1) is 6.92 Å². The van der Waals surface area contributed by atoms with Gasteiger partial charge in [-0.2, -0.15) is 0 Å². The van der Waals surface area contributed by atoms with Crippen molar-refractivity contribution in [3.63, 3.8) is 0 Å². The zero-order valence-corrected chi connectivity index (χ0v) is 14.0. The first kappa shape index (κ1) is 14.5. The van der Waals surface area contributed by atoms with E-state index in [9.17, 15) is 0 Å². The van der Waals surface area contributed by atoms with E-state index in [-0.39, 0.29) is 0 Å². The van der Waals surface area contributed by atoms with Crippen LogP contribution in [0.4, 0.5) is 5.82 Å². The van der Waals surface area contributed by atoms with Crippen LogP contribution in [0.2, 0.25) is 0 Å². The Morgan fingerprint density at radius 1 is 1.47 bits per heavy atom. The molecule has 0 amide bonds. The van der Waals surface area contributed by atoms with Crippen molar-refractivity contribution < 1.29 is 4.42 Å². The molecule has 0 fully saturated rings. The van der Waals surface area contributed by atoms with Gasteiger partial charge < -0.3 is 15.1 Å². The Labute approximate surface area is 133 Å². The van der Waals surface area contributed by atoms with E-state index in [4.69, 9.17) is 16.6 Å². The van der Waals surface area contributed by atoms with E-state index in [2.05, 4.69) is 47.5 Å². The fraction of sp³-hybridized carbons (Fsp3) is 0.167. The first-order chi connectivity index (χ1) is 9.08. The normalized spacial score (nSPS) is 10.3. The van der Waals surface area contributed by atoms with E-state index in [1.54, 1.807) is 12.5 Å². The fourth-order valence-electron chi connectivity index (χ4n) is 1.38. The third kappa shape index (κ3) is 3.77. The molecular weight excluding hydrogens is 394 g/mol. The van der Waals surface area contributed by atoms with Crippen LogP contribution in [0.25, 0.3) is 0 Å². The minimum absolute atomic E-state index is 0.492. The van der Waals surface area contributed by atoms with E-state index in [0.29, 0.717) is 17.5 Å². The summed E-state index contributed by atoms with van der Waals surface area (Å²) in [7, 11) is 0. The summed E-state index contributed by atoms with van der Waals surface area (Å²) in [6.45, 7) is 2.52. The number of furan rings is 1. The molecule has 2 aromatic heterocycles. The van der Waals surface area contributed by atoms with Crippen LogP contribution >= 0.6 is 44.1 Å². The first-order valence-electron chi connectivity index (χ1n) is 5.45. The Bertz CT molecular complexity index is 587. The summed E-state index contributed by atoms with van der Waals surface area (Å²) in [6, 6.07) is 3.72. The minimum atomic E-state index is 0.492. The smallest absolute Gasteiger partial charge is 0.172 e. The summed E-state index contributed by atoms with van der Waals surface area (Å²) in [6.07, 6.45) is 3.36. The maximum Gasteiger partial charge on any atom is 0.172 e. The van der Waals surface area contributed by atoms with Gasteiger partial charge in [0.15, 0.2) is 5.11 Å². The highest BCUT2D eigenvalue weighted by molar-refractivity contribution is 9.11. The van der Waals surface area contributed by atoms with Crippen LogP contribution in [0.3, 0.4) is 0 Å². The van der Waals surface area contributed by atoms with Crippen LogP contribution in [0.1, 0.15) is 11.3 Å². The average molecular weight is 405 g/mol. The van der Waals surface area contributed by atoms with Gasteiger partial charge in [-0.15, -0.1) is 0 Å². The zero-order chi connectivity index (χ0) is 13.8. The number of nitrogens with one attached hydrogen (secondary N) is 2. The van der Waals surface area contributed by atoms with Crippen LogP contribution in [-0.4, -0.2) is 10.1 Å². The number of thiocarbonyl (C=S) groups is 1. The quantitative estimate of drug-likeness (QED) is 0.757. The number of pyridine rings is 1. The monoisotopic (exact) mass is 403 g/mol. The molecular formula is C12H11Br2N3OS. The molecule has 0 aliphatic heterocycles. The summed E-state index contributed by atoms with van der Waals surface area (Å²) < 4.78 is 7.03. The number of hydrogen-bond acceptors (Lipinski definition) is 3. The predicted molar refractivity (Wildman–Crippen MR) is 86.1 cm³/mol. The van der Waals surface area contributed by atoms with Gasteiger partial charge in [0.25, 0.3) is 0 Å². The van der Waals surface area contributed by atoms with E-state index >= 15 is 0 Å². The van der Waals surface area contributed by atoms with Crippen molar-refractivity contribution in [2.75, 3.05) is 5.32 Å². The second kappa shape index (κ2) is 6.49. The highest BCUT2D eigenvalue weighted by Crippen LogP contribution is 2.29. The van der Waals surface area contributed by atoms with Crippen molar-refractivity contribution in [2.24, 2.45) is 0 Å². The van der Waals surface area contributed by atoms with Gasteiger partial charge in [0.2, 0.25) is 0 Å². The number of halogens is 2. The molecule has 4 nitrogen and oxygen atoms in total. The Balaban J connectivity index is 1.97. The fourth-order valence-corrected chi connectivity index (χ4v) is 2.53. The number of nitrogens with zero attached hydrogens (tertiary/aromatic N) is 1. The van der Waals surface area contributed by atoms with E-state index < -0.39 is 0 Å². The molecule has 19 heavy (non-hydrogen) atoms. The number of aromatic nitrogens is 1. The van der Waals surface area contributed by atoms with Crippen LogP contribution in [-0.2, 0) is 6.54 Å². The second-order valence-electron chi connectivity index (χ2n) is 3.78. The predicted octanol–water partition coefficient (Wildman–Crippen LogP) is 3.99. The molecule has 0 bridgehead atoms. The van der Waals surface area contributed by atoms with E-state index in [1.165, 1.54) is 0 Å². The van der Waals surface area contributed by atoms with Crippen LogP contribution < -0.4 is 10.6 Å². The van der Waals surface area contributed by atoms with Crippen molar-refractivity contribution >= 4 is 55.0 Å². The number of anilines is 1. The molecule has 2 rings (SSSR count). The minimum Gasteiger partial charge on any atom is -0.467 e. The largest absolute Gasteiger partial charge is 0.467 e. The molecule has 0 atom stereocenters. The summed E-state index contributed by atoms with van der Waals surface area (Å²) in [5.74, 6) is 1.50. The Morgan fingerprint density at radius 2 is 2.26 bits per heavy atom. The Kier molecular flexibility index (Phi) is 4.95. The summed E-state index contributed by atoms with van der Waals surface area (Å²) >= 11 is 12.1. The van der Waals surface area contributed by atoms with Crippen LogP contribution in [0.15, 0.2) is 38.0 Å². The van der Waals surface area contributed by atoms with Gasteiger partial charge in [-0.05, 0) is 68.7 Å². The molecule has 0 aliphatic carbocycles. The first-order valence-corrected chi connectivity index (χ1v) is 7.45. The third-order valence-electron chi connectivity index (χ3n) is 2.44. The van der Waals surface area contributed by atoms with Gasteiger partial charge in [0.1, 0.15) is 11.6 Å². The van der Waals surface area contributed by atoms with Crippen molar-refractivity contribution in [2.45, 2.75) is 13.5 Å². The van der Waals surface area contributed by atoms with Gasteiger partial charge in [0, 0.05) is 10.7 Å². The van der Waals surface area contributed by atoms with Gasteiger partial charge in [-0.25, -0.2) is 4.98 Å². The van der Waals surface area contributed by atoms with Gasteiger partial charge in [-0.3, -0.25) is 0 Å². The SMILES string of the molecule is Cc1c(Br)cnc(NC(=S)NCc2ccco2)c1Br. The topological polar surface area (TPSA) is 50.1 Å². The van der Waals surface area contributed by atoms with Crippen molar-refractivity contribution in [3.8, 4) is 0 Å². The molecule has 2 aromatic rings. The van der Waals surface area contributed by atoms with E-state index in [0.717, 1.165) is 20.3 Å². The summed E-state index contributed by atoms with van der Waals surface area (Å²) in [5.41, 5.74) is 1.06. The van der Waals surface area contributed by atoms with Crippen LogP contribution in [0.5, 0.6) is 0 Å². The summed E-state index contributed by atoms with van der Waals surface area (Å²) in [4.78, 5) is 4.27. The highest BCUT2D eigenvalue weighted by atomic mass is 79.9. The Morgan fingerprint density at radius 3 is 2.95 bits per heavy atom. The standard InChI is InChI=1S/C12H11Br2N3OS/c1-7-9(13)6-15-11(10(7)14)17-12(19)16-5-8-3-2-4-18-8/h2-4,6H,5H2,1H3,(H2,15,16,17,19). The maximum absolute atomic E-state index is 5.21. The molecule has 2 heterocycles. The average Bonchev–Trinajstić information content (AvgIpc) is 2.90. The molecule has 2 N–H and O–H groups in total. The maximum atomic E-state index is 5.21. The molecule has 0 saturated carbocycles. The molecule has 0 radical (unpaired) electrons.